The van der Waals surface area contributed by atoms with E-state index >= 15 is 0 Å². The predicted octanol–water partition coefficient (Wildman–Crippen LogP) is 3.87. The molecular formula is C42H76O15. The number of hydrogen-bond acceptors (Lipinski definition) is 15. The van der Waals surface area contributed by atoms with Crippen molar-refractivity contribution < 1.29 is 73.8 Å². The van der Waals surface area contributed by atoms with E-state index in [2.05, 4.69) is 26.0 Å². The van der Waals surface area contributed by atoms with Gasteiger partial charge in [0, 0.05) is 12.8 Å². The molecule has 334 valence electrons. The molecule has 0 aromatic heterocycles. The van der Waals surface area contributed by atoms with E-state index in [0.717, 1.165) is 57.8 Å². The zero-order chi connectivity index (χ0) is 41.8. The third-order valence-electron chi connectivity index (χ3n) is 10.5. The van der Waals surface area contributed by atoms with E-state index in [-0.39, 0.29) is 26.1 Å². The maximum absolute atomic E-state index is 12.9. The third-order valence-corrected chi connectivity index (χ3v) is 10.5. The van der Waals surface area contributed by atoms with Gasteiger partial charge >= 0.3 is 11.9 Å². The Kier molecular flexibility index (Phi) is 28.1. The summed E-state index contributed by atoms with van der Waals surface area (Å²) < 4.78 is 33.3. The number of aliphatic hydroxyl groups excluding tert-OH is 7. The predicted molar refractivity (Wildman–Crippen MR) is 211 cm³/mol. The number of rotatable bonds is 32. The van der Waals surface area contributed by atoms with Gasteiger partial charge in [-0.05, 0) is 32.1 Å². The topological polar surface area (TPSA) is 231 Å². The average Bonchev–Trinajstić information content (AvgIpc) is 3.20. The van der Waals surface area contributed by atoms with Gasteiger partial charge in [0.05, 0.1) is 19.8 Å². The Hall–Kier alpha value is -1.76. The highest BCUT2D eigenvalue weighted by molar-refractivity contribution is 5.70. The molecule has 0 aromatic carbocycles. The summed E-state index contributed by atoms with van der Waals surface area (Å²) in [6.45, 7) is 2.50. The van der Waals surface area contributed by atoms with Crippen LogP contribution in [-0.2, 0) is 38.0 Å². The minimum absolute atomic E-state index is 0.167. The molecule has 0 aromatic rings. The van der Waals surface area contributed by atoms with Crippen molar-refractivity contribution >= 4 is 11.9 Å². The molecule has 11 atom stereocenters. The summed E-state index contributed by atoms with van der Waals surface area (Å²) in [6, 6.07) is 0. The second-order valence-corrected chi connectivity index (χ2v) is 15.5. The fraction of sp³-hybridized carbons (Fsp3) is 0.905. The first-order valence-electron chi connectivity index (χ1n) is 21.8. The van der Waals surface area contributed by atoms with Crippen molar-refractivity contribution in [1.82, 2.24) is 0 Å². The van der Waals surface area contributed by atoms with Gasteiger partial charge in [-0.15, -0.1) is 0 Å². The molecule has 0 spiro atoms. The fourth-order valence-electron chi connectivity index (χ4n) is 6.78. The second-order valence-electron chi connectivity index (χ2n) is 15.5. The van der Waals surface area contributed by atoms with Gasteiger partial charge in [0.1, 0.15) is 55.4 Å². The Morgan fingerprint density at radius 2 is 1.02 bits per heavy atom. The molecule has 2 heterocycles. The van der Waals surface area contributed by atoms with Crippen molar-refractivity contribution in [3.63, 3.8) is 0 Å². The Balaban J connectivity index is 1.88. The summed E-state index contributed by atoms with van der Waals surface area (Å²) in [7, 11) is 0. The molecular weight excluding hydrogens is 744 g/mol. The quantitative estimate of drug-likeness (QED) is 0.0290. The lowest BCUT2D eigenvalue weighted by Gasteiger charge is -2.42. The van der Waals surface area contributed by atoms with Crippen molar-refractivity contribution in [1.29, 1.82) is 0 Å². The van der Waals surface area contributed by atoms with Gasteiger partial charge in [-0.25, -0.2) is 0 Å². The molecule has 15 nitrogen and oxygen atoms in total. The van der Waals surface area contributed by atoms with E-state index in [9.17, 15) is 45.3 Å². The van der Waals surface area contributed by atoms with Gasteiger partial charge in [0.2, 0.25) is 0 Å². The highest BCUT2D eigenvalue weighted by Crippen LogP contribution is 2.26. The van der Waals surface area contributed by atoms with Crippen molar-refractivity contribution in [2.24, 2.45) is 0 Å². The maximum Gasteiger partial charge on any atom is 0.306 e. The second kappa shape index (κ2) is 31.2. The molecule has 2 saturated heterocycles. The first kappa shape index (κ1) is 51.4. The maximum atomic E-state index is 12.9. The third kappa shape index (κ3) is 20.9. The summed E-state index contributed by atoms with van der Waals surface area (Å²) in [4.78, 5) is 25.5. The smallest absolute Gasteiger partial charge is 0.306 e. The van der Waals surface area contributed by atoms with Gasteiger partial charge in [-0.1, -0.05) is 116 Å². The highest BCUT2D eigenvalue weighted by Gasteiger charge is 2.47. The fourth-order valence-corrected chi connectivity index (χ4v) is 6.78. The highest BCUT2D eigenvalue weighted by atomic mass is 16.7. The zero-order valence-electron chi connectivity index (χ0n) is 34.6. The van der Waals surface area contributed by atoms with E-state index in [0.29, 0.717) is 12.8 Å². The van der Waals surface area contributed by atoms with Crippen LogP contribution >= 0.6 is 0 Å². The Bertz CT molecular complexity index is 1060. The lowest BCUT2D eigenvalue weighted by Crippen LogP contribution is -2.61. The van der Waals surface area contributed by atoms with Crippen molar-refractivity contribution in [3.8, 4) is 0 Å². The monoisotopic (exact) mass is 821 g/mol. The number of carbonyl (C=O) groups is 2. The van der Waals surface area contributed by atoms with Crippen LogP contribution in [0.3, 0.4) is 0 Å². The van der Waals surface area contributed by atoms with E-state index in [1.807, 2.05) is 0 Å². The normalized spacial score (nSPS) is 28.4. The summed E-state index contributed by atoms with van der Waals surface area (Å²) in [5, 5.41) is 71.7. The standard InChI is InChI=1S/C42H76O15/c1-3-5-7-9-11-13-15-17-18-20-22-24-33(44)52-27-30(55-34(45)25-23-21-19-16-14-12-10-8-6-4-2)28-53-41-40(51)38(49)36(47)32(57-41)29-54-42-39(50)37(48)35(46)31(26-43)56-42/h9,11,30-32,35-43,46-51H,3-8,10,12-29H2,1-2H3/b11-9+/t30-,31-,32-,35+,36+,37?,38?,39?,40?,41-,42-/m1/s1. The molecule has 57 heavy (non-hydrogen) atoms. The Labute approximate surface area is 340 Å². The number of aliphatic hydroxyl groups is 7. The van der Waals surface area contributed by atoms with E-state index in [1.165, 1.54) is 51.4 Å². The minimum atomic E-state index is -1.76. The molecule has 0 bridgehead atoms. The molecule has 0 aliphatic carbocycles. The zero-order valence-corrected chi connectivity index (χ0v) is 34.6. The van der Waals surface area contributed by atoms with Gasteiger partial charge in [0.15, 0.2) is 18.7 Å². The molecule has 0 radical (unpaired) electrons. The van der Waals surface area contributed by atoms with Gasteiger partial charge < -0.3 is 64.2 Å². The summed E-state index contributed by atoms with van der Waals surface area (Å²) in [6.07, 6.45) is 8.44. The van der Waals surface area contributed by atoms with Crippen molar-refractivity contribution in [3.05, 3.63) is 12.2 Å². The molecule has 7 N–H and O–H groups in total. The van der Waals surface area contributed by atoms with Crippen LogP contribution in [0.1, 0.15) is 149 Å². The van der Waals surface area contributed by atoms with Gasteiger partial charge in [-0.2, -0.15) is 0 Å². The summed E-state index contributed by atoms with van der Waals surface area (Å²) >= 11 is 0. The van der Waals surface area contributed by atoms with E-state index < -0.39 is 92.7 Å². The van der Waals surface area contributed by atoms with Gasteiger partial charge in [0.25, 0.3) is 0 Å². The van der Waals surface area contributed by atoms with E-state index in [4.69, 9.17) is 28.4 Å². The van der Waals surface area contributed by atoms with Crippen LogP contribution in [0.2, 0.25) is 0 Å². The molecule has 4 unspecified atom stereocenters. The lowest BCUT2D eigenvalue weighted by atomic mass is 9.98. The average molecular weight is 821 g/mol. The molecule has 2 rings (SSSR count). The first-order chi connectivity index (χ1) is 27.5. The van der Waals surface area contributed by atoms with Crippen LogP contribution in [-0.4, -0.2) is 142 Å². The SMILES string of the molecule is CCCC/C=C/CCCCCCCC(=O)OC[C@H](CO[C@@H]1O[C@H](CO[C@@H]2O[C@H](CO)[C@H](O)C(O)C2O)[C@H](O)C(O)C1O)OC(=O)CCCCCCCCCCCC. The van der Waals surface area contributed by atoms with Crippen LogP contribution in [0.15, 0.2) is 12.2 Å². The largest absolute Gasteiger partial charge is 0.462 e. The summed E-state index contributed by atoms with van der Waals surface area (Å²) in [5.41, 5.74) is 0. The first-order valence-corrected chi connectivity index (χ1v) is 21.8. The Morgan fingerprint density at radius 3 is 1.60 bits per heavy atom. The number of hydrogen-bond donors (Lipinski definition) is 7. The Morgan fingerprint density at radius 1 is 0.544 bits per heavy atom. The molecule has 0 saturated carbocycles. The molecule has 2 fully saturated rings. The molecule has 2 aliphatic rings. The molecule has 0 amide bonds. The number of carbonyl (C=O) groups excluding carboxylic acids is 2. The van der Waals surface area contributed by atoms with Gasteiger partial charge in [-0.3, -0.25) is 9.59 Å². The van der Waals surface area contributed by atoms with Crippen LogP contribution in [0.4, 0.5) is 0 Å². The van der Waals surface area contributed by atoms with Crippen LogP contribution < -0.4 is 0 Å². The summed E-state index contributed by atoms with van der Waals surface area (Å²) in [5.74, 6) is -0.937. The number of esters is 2. The molecule has 15 heteroatoms. The lowest BCUT2D eigenvalue weighted by molar-refractivity contribution is -0.332. The number of allylic oxidation sites excluding steroid dienone is 2. The van der Waals surface area contributed by atoms with Crippen LogP contribution in [0.25, 0.3) is 0 Å². The van der Waals surface area contributed by atoms with Crippen LogP contribution in [0, 0.1) is 0 Å². The van der Waals surface area contributed by atoms with E-state index in [1.54, 1.807) is 0 Å². The van der Waals surface area contributed by atoms with Crippen molar-refractivity contribution in [2.45, 2.75) is 216 Å². The minimum Gasteiger partial charge on any atom is -0.462 e. The number of ether oxygens (including phenoxy) is 6. The molecule has 2 aliphatic heterocycles. The van der Waals surface area contributed by atoms with Crippen molar-refractivity contribution in [2.75, 3.05) is 26.4 Å². The van der Waals surface area contributed by atoms with Crippen LogP contribution in [0.5, 0.6) is 0 Å². The number of unbranched alkanes of at least 4 members (excludes halogenated alkanes) is 16.